The molecule has 1 fully saturated rings. The summed E-state index contributed by atoms with van der Waals surface area (Å²) < 4.78 is 24.9. The van der Waals surface area contributed by atoms with Gasteiger partial charge in [0.1, 0.15) is 0 Å². The predicted octanol–water partition coefficient (Wildman–Crippen LogP) is 1.18. The maximum Gasteiger partial charge on any atom is 0.474 e. The van der Waals surface area contributed by atoms with Gasteiger partial charge in [-0.3, -0.25) is 13.6 Å². The molecule has 0 aromatic heterocycles. The molecule has 0 amide bonds. The second-order valence-corrected chi connectivity index (χ2v) is 3.57. The van der Waals surface area contributed by atoms with Crippen LogP contribution in [0.15, 0.2) is 0 Å². The zero-order valence-corrected chi connectivity index (χ0v) is 6.26. The summed E-state index contributed by atoms with van der Waals surface area (Å²) in [4.78, 5) is 0. The van der Waals surface area contributed by atoms with Gasteiger partial charge >= 0.3 is 7.82 Å². The van der Waals surface area contributed by atoms with Gasteiger partial charge in [0, 0.05) is 7.11 Å². The van der Waals surface area contributed by atoms with Crippen LogP contribution in [-0.4, -0.2) is 19.8 Å². The van der Waals surface area contributed by atoms with E-state index < -0.39 is 7.82 Å². The van der Waals surface area contributed by atoms with Crippen molar-refractivity contribution in [1.29, 1.82) is 0 Å². The Bertz CT molecular complexity index is 146. The Labute approximate surface area is 53.7 Å². The molecule has 0 bridgehead atoms. The van der Waals surface area contributed by atoms with Crippen molar-refractivity contribution in [3.05, 3.63) is 0 Å². The van der Waals surface area contributed by atoms with Crippen LogP contribution in [0.2, 0.25) is 0 Å². The second-order valence-electron chi connectivity index (χ2n) is 1.84. The first kappa shape index (κ1) is 7.22. The Morgan fingerprint density at radius 1 is 1.78 bits per heavy atom. The maximum atomic E-state index is 10.9. The third-order valence-electron chi connectivity index (χ3n) is 1.00. The summed E-state index contributed by atoms with van der Waals surface area (Å²) in [5, 5.41) is 0. The van der Waals surface area contributed by atoms with E-state index in [1.807, 2.05) is 0 Å². The maximum absolute atomic E-state index is 10.9. The van der Waals surface area contributed by atoms with Crippen molar-refractivity contribution in [2.75, 3.05) is 13.7 Å². The third-order valence-corrected chi connectivity index (χ3v) is 2.53. The van der Waals surface area contributed by atoms with Gasteiger partial charge < -0.3 is 0 Å². The smallest absolute Gasteiger partial charge is 0.290 e. The zero-order valence-electron chi connectivity index (χ0n) is 5.36. The molecule has 1 rings (SSSR count). The van der Waals surface area contributed by atoms with Crippen LogP contribution in [0, 0.1) is 0 Å². The molecule has 0 radical (unpaired) electrons. The molecule has 54 valence electrons. The molecule has 2 atom stereocenters. The van der Waals surface area contributed by atoms with Gasteiger partial charge in [-0.1, -0.05) is 0 Å². The van der Waals surface area contributed by atoms with Crippen molar-refractivity contribution in [1.82, 2.24) is 0 Å². The van der Waals surface area contributed by atoms with E-state index in [0.717, 1.165) is 0 Å². The molecule has 1 saturated heterocycles. The van der Waals surface area contributed by atoms with Gasteiger partial charge in [-0.05, 0) is 6.92 Å². The largest absolute Gasteiger partial charge is 0.474 e. The molecular weight excluding hydrogens is 143 g/mol. The van der Waals surface area contributed by atoms with Gasteiger partial charge in [-0.15, -0.1) is 0 Å². The molecule has 1 aliphatic rings. The Balaban J connectivity index is 2.55. The van der Waals surface area contributed by atoms with Crippen molar-refractivity contribution in [3.8, 4) is 0 Å². The summed E-state index contributed by atoms with van der Waals surface area (Å²) in [6.07, 6.45) is -0.115. The molecule has 2 unspecified atom stereocenters. The Morgan fingerprint density at radius 3 is 2.67 bits per heavy atom. The van der Waals surface area contributed by atoms with Crippen molar-refractivity contribution in [3.63, 3.8) is 0 Å². The number of hydrogen-bond acceptors (Lipinski definition) is 4. The summed E-state index contributed by atoms with van der Waals surface area (Å²) in [6, 6.07) is 0. The fourth-order valence-electron chi connectivity index (χ4n) is 0.573. The van der Waals surface area contributed by atoms with Crippen LogP contribution in [0.5, 0.6) is 0 Å². The van der Waals surface area contributed by atoms with Gasteiger partial charge in [0.25, 0.3) is 0 Å². The van der Waals surface area contributed by atoms with Gasteiger partial charge in [0.2, 0.25) is 0 Å². The van der Waals surface area contributed by atoms with E-state index in [4.69, 9.17) is 9.05 Å². The molecule has 1 heterocycles. The van der Waals surface area contributed by atoms with E-state index in [0.29, 0.717) is 6.61 Å². The number of hydrogen-bond donors (Lipinski definition) is 0. The molecule has 4 nitrogen and oxygen atoms in total. The summed E-state index contributed by atoms with van der Waals surface area (Å²) in [5.41, 5.74) is 0. The summed E-state index contributed by atoms with van der Waals surface area (Å²) >= 11 is 0. The van der Waals surface area contributed by atoms with Crippen LogP contribution in [-0.2, 0) is 18.1 Å². The number of rotatable bonds is 1. The van der Waals surface area contributed by atoms with Gasteiger partial charge in [0.15, 0.2) is 0 Å². The first-order valence-corrected chi connectivity index (χ1v) is 4.11. The van der Waals surface area contributed by atoms with E-state index in [9.17, 15) is 4.57 Å². The molecule has 0 aromatic rings. The fraction of sp³-hybridized carbons (Fsp3) is 1.00. The lowest BCUT2D eigenvalue weighted by molar-refractivity contribution is 0.206. The topological polar surface area (TPSA) is 44.8 Å². The van der Waals surface area contributed by atoms with E-state index in [-0.39, 0.29) is 6.10 Å². The molecule has 0 spiro atoms. The normalized spacial score (nSPS) is 43.6. The van der Waals surface area contributed by atoms with Crippen LogP contribution >= 0.6 is 7.82 Å². The van der Waals surface area contributed by atoms with Gasteiger partial charge in [0.05, 0.1) is 12.7 Å². The molecule has 0 N–H and O–H groups in total. The van der Waals surface area contributed by atoms with E-state index in [1.54, 1.807) is 6.92 Å². The van der Waals surface area contributed by atoms with Crippen molar-refractivity contribution >= 4 is 7.82 Å². The SMILES string of the molecule is COP1(=O)OCC(C)O1. The highest BCUT2D eigenvalue weighted by Gasteiger charge is 2.34. The van der Waals surface area contributed by atoms with Crippen molar-refractivity contribution in [2.45, 2.75) is 13.0 Å². The van der Waals surface area contributed by atoms with Gasteiger partial charge in [-0.2, -0.15) is 0 Å². The monoisotopic (exact) mass is 152 g/mol. The lowest BCUT2D eigenvalue weighted by Crippen LogP contribution is -2.00. The highest BCUT2D eigenvalue weighted by Crippen LogP contribution is 2.53. The summed E-state index contributed by atoms with van der Waals surface area (Å²) in [7, 11) is -1.80. The van der Waals surface area contributed by atoms with Crippen LogP contribution in [0.1, 0.15) is 6.92 Å². The Hall–Kier alpha value is 0.110. The predicted molar refractivity (Wildman–Crippen MR) is 31.1 cm³/mol. The second kappa shape index (κ2) is 2.39. The van der Waals surface area contributed by atoms with E-state index >= 15 is 0 Å². The van der Waals surface area contributed by atoms with E-state index in [2.05, 4.69) is 4.52 Å². The minimum atomic E-state index is -3.11. The lowest BCUT2D eigenvalue weighted by atomic mass is 10.5. The van der Waals surface area contributed by atoms with Gasteiger partial charge in [-0.25, -0.2) is 4.57 Å². The molecule has 0 saturated carbocycles. The average molecular weight is 152 g/mol. The quantitative estimate of drug-likeness (QED) is 0.529. The van der Waals surface area contributed by atoms with E-state index in [1.165, 1.54) is 7.11 Å². The van der Waals surface area contributed by atoms with Crippen LogP contribution in [0.3, 0.4) is 0 Å². The molecular formula is C4H9O4P. The molecule has 9 heavy (non-hydrogen) atoms. The average Bonchev–Trinajstić information content (AvgIpc) is 2.13. The summed E-state index contributed by atoms with van der Waals surface area (Å²) in [5.74, 6) is 0. The molecule has 5 heteroatoms. The fourth-order valence-corrected chi connectivity index (χ4v) is 1.72. The molecule has 1 aliphatic heterocycles. The standard InChI is InChI=1S/C4H9O4P/c1-4-3-7-9(5,6-2)8-4/h4H,3H2,1-2H3. The van der Waals surface area contributed by atoms with Crippen LogP contribution < -0.4 is 0 Å². The van der Waals surface area contributed by atoms with Crippen LogP contribution in [0.4, 0.5) is 0 Å². The first-order valence-electron chi connectivity index (χ1n) is 2.65. The third kappa shape index (κ3) is 1.52. The molecule has 0 aliphatic carbocycles. The number of phosphoric acid groups is 1. The minimum absolute atomic E-state index is 0.115. The first-order chi connectivity index (χ1) is 4.16. The lowest BCUT2D eigenvalue weighted by Gasteiger charge is -2.04. The summed E-state index contributed by atoms with van der Waals surface area (Å²) in [6.45, 7) is 2.13. The van der Waals surface area contributed by atoms with Crippen molar-refractivity contribution in [2.24, 2.45) is 0 Å². The number of phosphoric ester groups is 1. The Kier molecular flexibility index (Phi) is 1.91. The zero-order chi connectivity index (χ0) is 6.91. The highest BCUT2D eigenvalue weighted by molar-refractivity contribution is 7.48. The molecule has 0 aromatic carbocycles. The highest BCUT2D eigenvalue weighted by atomic mass is 31.2. The Morgan fingerprint density at radius 2 is 2.44 bits per heavy atom. The van der Waals surface area contributed by atoms with Crippen LogP contribution in [0.25, 0.3) is 0 Å². The minimum Gasteiger partial charge on any atom is -0.290 e. The van der Waals surface area contributed by atoms with Crippen molar-refractivity contribution < 1.29 is 18.1 Å².